The molecule has 3 rings (SSSR count). The fourth-order valence-corrected chi connectivity index (χ4v) is 3.15. The fourth-order valence-electron chi connectivity index (χ4n) is 3.15. The molecule has 2 heterocycles. The van der Waals surface area contributed by atoms with E-state index in [1.54, 1.807) is 61.8 Å². The number of carbonyl (C=O) groups is 2. The second-order valence-electron chi connectivity index (χ2n) is 6.36. The van der Waals surface area contributed by atoms with Crippen LogP contribution in [0.5, 0.6) is 11.5 Å². The van der Waals surface area contributed by atoms with Crippen LogP contribution in [0.3, 0.4) is 0 Å². The SMILES string of the molecule is COc1ccc(NC(=O)C2CCN(C(=O)c3cccnc3)CC2)c(OC)c1. The summed E-state index contributed by atoms with van der Waals surface area (Å²) in [5.41, 5.74) is 1.18. The van der Waals surface area contributed by atoms with Crippen LogP contribution >= 0.6 is 0 Å². The number of piperidine rings is 1. The molecule has 7 heteroatoms. The highest BCUT2D eigenvalue weighted by molar-refractivity contribution is 5.95. The number of amides is 2. The summed E-state index contributed by atoms with van der Waals surface area (Å²) in [4.78, 5) is 30.9. The molecule has 1 aliphatic heterocycles. The Bertz CT molecular complexity index is 802. The standard InChI is InChI=1S/C20H23N3O4/c1-26-16-5-6-17(18(12-16)27-2)22-19(24)14-7-10-23(11-8-14)20(25)15-4-3-9-21-13-15/h3-6,9,12-14H,7-8,10-11H2,1-2H3,(H,22,24). The zero-order chi connectivity index (χ0) is 19.2. The number of nitrogens with zero attached hydrogens (tertiary/aromatic N) is 2. The Morgan fingerprint density at radius 3 is 2.56 bits per heavy atom. The number of rotatable bonds is 5. The lowest BCUT2D eigenvalue weighted by atomic mass is 9.95. The van der Waals surface area contributed by atoms with Crippen molar-refractivity contribution >= 4 is 17.5 Å². The molecule has 2 amide bonds. The summed E-state index contributed by atoms with van der Waals surface area (Å²) in [7, 11) is 3.13. The summed E-state index contributed by atoms with van der Waals surface area (Å²) in [6, 6.07) is 8.76. The van der Waals surface area contributed by atoms with Crippen molar-refractivity contribution < 1.29 is 19.1 Å². The van der Waals surface area contributed by atoms with Crippen LogP contribution in [0, 0.1) is 5.92 Å². The molecule has 0 unspecified atom stereocenters. The molecule has 142 valence electrons. The number of likely N-dealkylation sites (tertiary alicyclic amines) is 1. The van der Waals surface area contributed by atoms with Crippen molar-refractivity contribution in [3.8, 4) is 11.5 Å². The van der Waals surface area contributed by atoms with Crippen LogP contribution in [0.15, 0.2) is 42.7 Å². The average Bonchev–Trinajstić information content (AvgIpc) is 2.74. The van der Waals surface area contributed by atoms with Gasteiger partial charge in [-0.25, -0.2) is 0 Å². The minimum absolute atomic E-state index is 0.0428. The van der Waals surface area contributed by atoms with E-state index in [1.807, 2.05) is 0 Å². The summed E-state index contributed by atoms with van der Waals surface area (Å²) >= 11 is 0. The van der Waals surface area contributed by atoms with Gasteiger partial charge in [0.15, 0.2) is 0 Å². The van der Waals surface area contributed by atoms with E-state index in [0.717, 1.165) is 0 Å². The second kappa shape index (κ2) is 8.53. The van der Waals surface area contributed by atoms with E-state index in [4.69, 9.17) is 9.47 Å². The zero-order valence-electron chi connectivity index (χ0n) is 15.5. The van der Waals surface area contributed by atoms with Gasteiger partial charge in [-0.3, -0.25) is 14.6 Å². The molecule has 27 heavy (non-hydrogen) atoms. The first kappa shape index (κ1) is 18.7. The maximum Gasteiger partial charge on any atom is 0.255 e. The lowest BCUT2D eigenvalue weighted by Crippen LogP contribution is -2.41. The Hall–Kier alpha value is -3.09. The first-order valence-corrected chi connectivity index (χ1v) is 8.84. The normalized spacial score (nSPS) is 14.5. The lowest BCUT2D eigenvalue weighted by molar-refractivity contribution is -0.121. The highest BCUT2D eigenvalue weighted by Gasteiger charge is 2.28. The van der Waals surface area contributed by atoms with Crippen LogP contribution in [-0.4, -0.2) is 49.0 Å². The van der Waals surface area contributed by atoms with Crippen LogP contribution in [0.25, 0.3) is 0 Å². The number of hydrogen-bond donors (Lipinski definition) is 1. The average molecular weight is 369 g/mol. The Morgan fingerprint density at radius 1 is 1.15 bits per heavy atom. The van der Waals surface area contributed by atoms with Gasteiger partial charge in [0.1, 0.15) is 11.5 Å². The summed E-state index contributed by atoms with van der Waals surface area (Å²) in [5.74, 6) is 0.958. The molecule has 0 atom stereocenters. The van der Waals surface area contributed by atoms with Crippen molar-refractivity contribution in [2.45, 2.75) is 12.8 Å². The number of benzene rings is 1. The van der Waals surface area contributed by atoms with Crippen LogP contribution in [0.2, 0.25) is 0 Å². The number of ether oxygens (including phenoxy) is 2. The Labute approximate surface area is 158 Å². The molecular weight excluding hydrogens is 346 g/mol. The van der Waals surface area contributed by atoms with Gasteiger partial charge in [0.25, 0.3) is 5.91 Å². The van der Waals surface area contributed by atoms with Gasteiger partial charge < -0.3 is 19.7 Å². The molecule has 1 aromatic carbocycles. The highest BCUT2D eigenvalue weighted by atomic mass is 16.5. The van der Waals surface area contributed by atoms with Crippen LogP contribution in [0.1, 0.15) is 23.2 Å². The van der Waals surface area contributed by atoms with Gasteiger partial charge in [0.05, 0.1) is 25.5 Å². The molecule has 0 bridgehead atoms. The molecule has 1 fully saturated rings. The third-order valence-electron chi connectivity index (χ3n) is 4.73. The van der Waals surface area contributed by atoms with E-state index in [-0.39, 0.29) is 17.7 Å². The molecule has 1 saturated heterocycles. The Kier molecular flexibility index (Phi) is 5.90. The van der Waals surface area contributed by atoms with E-state index < -0.39 is 0 Å². The maximum atomic E-state index is 12.6. The topological polar surface area (TPSA) is 80.8 Å². The first-order valence-electron chi connectivity index (χ1n) is 8.84. The summed E-state index contributed by atoms with van der Waals surface area (Å²) in [6.45, 7) is 1.09. The molecule has 1 N–H and O–H groups in total. The minimum Gasteiger partial charge on any atom is -0.497 e. The molecule has 0 aliphatic carbocycles. The molecule has 1 aliphatic rings. The number of nitrogens with one attached hydrogen (secondary N) is 1. The van der Waals surface area contributed by atoms with E-state index in [2.05, 4.69) is 10.3 Å². The molecule has 2 aromatic rings. The summed E-state index contributed by atoms with van der Waals surface area (Å²) in [5, 5.41) is 2.93. The van der Waals surface area contributed by atoms with Gasteiger partial charge in [0, 0.05) is 37.5 Å². The van der Waals surface area contributed by atoms with E-state index in [1.165, 1.54) is 0 Å². The molecule has 7 nitrogen and oxygen atoms in total. The van der Waals surface area contributed by atoms with Crippen LogP contribution in [-0.2, 0) is 4.79 Å². The van der Waals surface area contributed by atoms with E-state index >= 15 is 0 Å². The quantitative estimate of drug-likeness (QED) is 0.876. The molecule has 0 radical (unpaired) electrons. The van der Waals surface area contributed by atoms with Gasteiger partial charge in [-0.05, 0) is 37.1 Å². The van der Waals surface area contributed by atoms with Gasteiger partial charge >= 0.3 is 0 Å². The maximum absolute atomic E-state index is 12.6. The third-order valence-corrected chi connectivity index (χ3v) is 4.73. The van der Waals surface area contributed by atoms with Crippen molar-refractivity contribution in [1.82, 2.24) is 9.88 Å². The zero-order valence-corrected chi connectivity index (χ0v) is 15.5. The van der Waals surface area contributed by atoms with Gasteiger partial charge in [0.2, 0.25) is 5.91 Å². The molecular formula is C20H23N3O4. The van der Waals surface area contributed by atoms with Gasteiger partial charge in [-0.1, -0.05) is 0 Å². The van der Waals surface area contributed by atoms with Crippen molar-refractivity contribution in [3.63, 3.8) is 0 Å². The second-order valence-corrected chi connectivity index (χ2v) is 6.36. The highest BCUT2D eigenvalue weighted by Crippen LogP contribution is 2.30. The predicted octanol–water partition coefficient (Wildman–Crippen LogP) is 2.59. The number of aromatic nitrogens is 1. The predicted molar refractivity (Wildman–Crippen MR) is 101 cm³/mol. The largest absolute Gasteiger partial charge is 0.497 e. The van der Waals surface area contributed by atoms with Gasteiger partial charge in [-0.15, -0.1) is 0 Å². The van der Waals surface area contributed by atoms with Crippen LogP contribution in [0.4, 0.5) is 5.69 Å². The lowest BCUT2D eigenvalue weighted by Gasteiger charge is -2.31. The van der Waals surface area contributed by atoms with Crippen molar-refractivity contribution in [2.24, 2.45) is 5.92 Å². The van der Waals surface area contributed by atoms with Crippen LogP contribution < -0.4 is 14.8 Å². The molecule has 0 saturated carbocycles. The van der Waals surface area contributed by atoms with Crippen molar-refractivity contribution in [2.75, 3.05) is 32.6 Å². The van der Waals surface area contributed by atoms with E-state index in [0.29, 0.717) is 48.7 Å². The van der Waals surface area contributed by atoms with Gasteiger partial charge in [-0.2, -0.15) is 0 Å². The third kappa shape index (κ3) is 4.36. The first-order chi connectivity index (χ1) is 13.1. The summed E-state index contributed by atoms with van der Waals surface area (Å²) < 4.78 is 10.5. The minimum atomic E-state index is -0.144. The summed E-state index contributed by atoms with van der Waals surface area (Å²) in [6.07, 6.45) is 4.45. The number of carbonyl (C=O) groups excluding carboxylic acids is 2. The van der Waals surface area contributed by atoms with E-state index in [9.17, 15) is 9.59 Å². The number of pyridine rings is 1. The smallest absolute Gasteiger partial charge is 0.255 e. The fraction of sp³-hybridized carbons (Fsp3) is 0.350. The Morgan fingerprint density at radius 2 is 1.93 bits per heavy atom. The molecule has 0 spiro atoms. The molecule has 1 aromatic heterocycles. The number of methoxy groups -OCH3 is 2. The monoisotopic (exact) mass is 369 g/mol. The number of anilines is 1. The van der Waals surface area contributed by atoms with Crippen molar-refractivity contribution in [3.05, 3.63) is 48.3 Å². The Balaban J connectivity index is 1.58. The van der Waals surface area contributed by atoms with Crippen molar-refractivity contribution in [1.29, 1.82) is 0 Å². The number of hydrogen-bond acceptors (Lipinski definition) is 5.